The molecule has 256 valence electrons. The first-order chi connectivity index (χ1) is 23.4. The smallest absolute Gasteiger partial charge is 0.410 e. The number of aldehydes is 1. The van der Waals surface area contributed by atoms with E-state index in [2.05, 4.69) is 15.6 Å². The fourth-order valence-electron chi connectivity index (χ4n) is 5.49. The van der Waals surface area contributed by atoms with Crippen molar-refractivity contribution in [1.29, 1.82) is 0 Å². The molecule has 0 radical (unpaired) electrons. The average Bonchev–Trinajstić information content (AvgIpc) is 3.49. The Balaban J connectivity index is 1.45. The normalized spacial score (nSPS) is 14.2. The largest absolute Gasteiger partial charge is 0.494 e. The van der Waals surface area contributed by atoms with Gasteiger partial charge in [-0.15, -0.1) is 0 Å². The van der Waals surface area contributed by atoms with Crippen molar-refractivity contribution < 1.29 is 28.6 Å². The van der Waals surface area contributed by atoms with Crippen molar-refractivity contribution in [1.82, 2.24) is 20.2 Å². The van der Waals surface area contributed by atoms with E-state index in [1.807, 2.05) is 12.1 Å². The summed E-state index contributed by atoms with van der Waals surface area (Å²) in [5, 5.41) is 6.84. The Morgan fingerprint density at radius 1 is 1.02 bits per heavy atom. The maximum Gasteiger partial charge on any atom is 0.410 e. The van der Waals surface area contributed by atoms with Gasteiger partial charge in [-0.05, 0) is 63.6 Å². The molecule has 5 rings (SSSR count). The molecule has 1 fully saturated rings. The van der Waals surface area contributed by atoms with Crippen LogP contribution in [0.15, 0.2) is 60.8 Å². The third-order valence-electron chi connectivity index (χ3n) is 7.74. The van der Waals surface area contributed by atoms with E-state index in [1.165, 1.54) is 14.2 Å². The van der Waals surface area contributed by atoms with Crippen molar-refractivity contribution >= 4 is 52.9 Å². The molecule has 1 aliphatic rings. The summed E-state index contributed by atoms with van der Waals surface area (Å²) in [4.78, 5) is 47.4. The lowest BCUT2D eigenvalue weighted by Crippen LogP contribution is -2.43. The number of halogens is 2. The predicted molar refractivity (Wildman–Crippen MR) is 189 cm³/mol. The number of nitrogens with one attached hydrogen (secondary N) is 2. The number of ether oxygens (including phenoxy) is 3. The second kappa shape index (κ2) is 15.1. The van der Waals surface area contributed by atoms with Crippen LogP contribution in [0.4, 0.5) is 16.2 Å². The lowest BCUT2D eigenvalue weighted by Gasteiger charge is -2.29. The average molecular weight is 707 g/mol. The van der Waals surface area contributed by atoms with Gasteiger partial charge in [0.15, 0.2) is 12.0 Å². The number of benzene rings is 2. The van der Waals surface area contributed by atoms with Crippen molar-refractivity contribution in [3.05, 3.63) is 82.0 Å². The molecule has 2 amide bonds. The van der Waals surface area contributed by atoms with Gasteiger partial charge in [0, 0.05) is 41.9 Å². The van der Waals surface area contributed by atoms with Gasteiger partial charge in [-0.1, -0.05) is 41.4 Å². The maximum absolute atomic E-state index is 13.2. The van der Waals surface area contributed by atoms with Crippen LogP contribution in [0.2, 0.25) is 10.0 Å². The minimum atomic E-state index is -0.705. The molecule has 49 heavy (non-hydrogen) atoms. The lowest BCUT2D eigenvalue weighted by atomic mass is 10.0. The summed E-state index contributed by atoms with van der Waals surface area (Å²) in [7, 11) is 2.99. The summed E-state index contributed by atoms with van der Waals surface area (Å²) in [6, 6.07) is 15.8. The standard InChI is InChI=1S/C36H37Cl2N5O6/c1-36(2,3)49-35(46)43(19-23-13-15-29(45)40-23)18-21-12-14-26(42-34(21)48-5)24-16-17-39-32(31(24)38)25-9-7-10-27(30(25)37)41-28-11-6-8-22(20-44)33(28)47-4/h6-12,14,16-17,20,23,41H,13,15,18-19H2,1-5H3,(H,40,45)/t23-/m0/s1. The van der Waals surface area contributed by atoms with Crippen LogP contribution in [-0.4, -0.2) is 65.6 Å². The maximum atomic E-state index is 13.2. The minimum Gasteiger partial charge on any atom is -0.494 e. The van der Waals surface area contributed by atoms with Crippen molar-refractivity contribution in [2.75, 3.05) is 26.1 Å². The number of rotatable bonds is 11. The Morgan fingerprint density at radius 3 is 2.45 bits per heavy atom. The minimum absolute atomic E-state index is 0.0415. The zero-order valence-corrected chi connectivity index (χ0v) is 29.3. The Morgan fingerprint density at radius 2 is 1.78 bits per heavy atom. The van der Waals surface area contributed by atoms with Crippen molar-refractivity contribution in [3.63, 3.8) is 0 Å². The molecule has 2 N–H and O–H groups in total. The third-order valence-corrected chi connectivity index (χ3v) is 8.53. The van der Waals surface area contributed by atoms with Crippen LogP contribution in [0.25, 0.3) is 22.5 Å². The second-order valence-corrected chi connectivity index (χ2v) is 13.1. The Kier molecular flexibility index (Phi) is 10.9. The van der Waals surface area contributed by atoms with Crippen LogP contribution in [0.5, 0.6) is 11.6 Å². The topological polar surface area (TPSA) is 132 Å². The van der Waals surface area contributed by atoms with Gasteiger partial charge in [-0.3, -0.25) is 14.6 Å². The molecule has 4 aromatic rings. The molecule has 2 aromatic carbocycles. The SMILES string of the molecule is COc1nc(-c2ccnc(-c3cccc(Nc4cccc(C=O)c4OC)c3Cl)c2Cl)ccc1CN(C[C@@H]1CCC(=O)N1)C(=O)OC(C)(C)C. The van der Waals surface area contributed by atoms with Gasteiger partial charge in [0.1, 0.15) is 5.60 Å². The van der Waals surface area contributed by atoms with Crippen LogP contribution in [0.1, 0.15) is 49.5 Å². The first-order valence-corrected chi connectivity index (χ1v) is 16.3. The highest BCUT2D eigenvalue weighted by molar-refractivity contribution is 6.39. The Labute approximate surface area is 294 Å². The fraction of sp³-hybridized carbons (Fsp3) is 0.306. The first-order valence-electron chi connectivity index (χ1n) is 15.6. The van der Waals surface area contributed by atoms with Gasteiger partial charge >= 0.3 is 6.09 Å². The van der Waals surface area contributed by atoms with E-state index in [9.17, 15) is 14.4 Å². The van der Waals surface area contributed by atoms with Crippen molar-refractivity contribution in [3.8, 4) is 34.1 Å². The van der Waals surface area contributed by atoms with Gasteiger partial charge in [-0.2, -0.15) is 0 Å². The number of hydrogen-bond acceptors (Lipinski definition) is 9. The molecule has 13 heteroatoms. The summed E-state index contributed by atoms with van der Waals surface area (Å²) in [5.74, 6) is 0.645. The molecule has 1 aliphatic heterocycles. The number of nitrogens with zero attached hydrogens (tertiary/aromatic N) is 3. The number of hydrogen-bond donors (Lipinski definition) is 2. The number of amides is 2. The van der Waals surface area contributed by atoms with Crippen LogP contribution >= 0.6 is 23.2 Å². The number of methoxy groups -OCH3 is 2. The van der Waals surface area contributed by atoms with E-state index in [1.54, 1.807) is 74.3 Å². The number of pyridine rings is 2. The molecule has 0 bridgehead atoms. The summed E-state index contributed by atoms with van der Waals surface area (Å²) in [5.41, 5.74) is 3.55. The summed E-state index contributed by atoms with van der Waals surface area (Å²) >= 11 is 13.9. The van der Waals surface area contributed by atoms with E-state index in [4.69, 9.17) is 42.4 Å². The zero-order valence-electron chi connectivity index (χ0n) is 27.8. The summed E-state index contributed by atoms with van der Waals surface area (Å²) in [6.45, 7) is 5.82. The molecule has 0 aliphatic carbocycles. The van der Waals surface area contributed by atoms with Gasteiger partial charge in [0.25, 0.3) is 0 Å². The van der Waals surface area contributed by atoms with Crippen LogP contribution in [0, 0.1) is 0 Å². The van der Waals surface area contributed by atoms with Gasteiger partial charge in [0.05, 0.1) is 59.1 Å². The molecule has 0 unspecified atom stereocenters. The molecular weight excluding hydrogens is 669 g/mol. The molecule has 3 heterocycles. The van der Waals surface area contributed by atoms with Gasteiger partial charge in [0.2, 0.25) is 11.8 Å². The highest BCUT2D eigenvalue weighted by Gasteiger charge is 2.29. The number of anilines is 2. The fourth-order valence-corrected chi connectivity index (χ4v) is 6.07. The van der Waals surface area contributed by atoms with E-state index in [0.29, 0.717) is 79.5 Å². The van der Waals surface area contributed by atoms with E-state index in [0.717, 1.165) is 6.29 Å². The van der Waals surface area contributed by atoms with Gasteiger partial charge < -0.3 is 29.7 Å². The number of para-hydroxylation sites is 1. The third kappa shape index (κ3) is 8.23. The summed E-state index contributed by atoms with van der Waals surface area (Å²) in [6.07, 6.45) is 2.87. The molecular formula is C36H37Cl2N5O6. The number of carbonyl (C=O) groups is 3. The molecule has 1 saturated heterocycles. The van der Waals surface area contributed by atoms with Crippen LogP contribution in [0.3, 0.4) is 0 Å². The zero-order chi connectivity index (χ0) is 35.3. The van der Waals surface area contributed by atoms with E-state index in [-0.39, 0.29) is 25.0 Å². The Bertz CT molecular complexity index is 1880. The number of aromatic nitrogens is 2. The molecule has 11 nitrogen and oxygen atoms in total. The number of carbonyl (C=O) groups excluding carboxylic acids is 3. The lowest BCUT2D eigenvalue weighted by molar-refractivity contribution is -0.119. The monoisotopic (exact) mass is 705 g/mol. The van der Waals surface area contributed by atoms with Crippen LogP contribution < -0.4 is 20.1 Å². The van der Waals surface area contributed by atoms with Crippen molar-refractivity contribution in [2.24, 2.45) is 0 Å². The van der Waals surface area contributed by atoms with Crippen molar-refractivity contribution in [2.45, 2.75) is 51.8 Å². The molecule has 0 saturated carbocycles. The summed E-state index contributed by atoms with van der Waals surface area (Å²) < 4.78 is 16.8. The van der Waals surface area contributed by atoms with Gasteiger partial charge in [-0.25, -0.2) is 9.78 Å². The van der Waals surface area contributed by atoms with E-state index < -0.39 is 11.7 Å². The second-order valence-electron chi connectivity index (χ2n) is 12.4. The Hall–Kier alpha value is -4.87. The highest BCUT2D eigenvalue weighted by Crippen LogP contribution is 2.42. The molecule has 0 spiro atoms. The molecule has 1 atom stereocenters. The highest BCUT2D eigenvalue weighted by atomic mass is 35.5. The predicted octanol–water partition coefficient (Wildman–Crippen LogP) is 7.71. The first kappa shape index (κ1) is 35.4. The van der Waals surface area contributed by atoms with Crippen LogP contribution in [-0.2, 0) is 16.1 Å². The quantitative estimate of drug-likeness (QED) is 0.151. The van der Waals surface area contributed by atoms with E-state index >= 15 is 0 Å². The molecule has 2 aromatic heterocycles.